The summed E-state index contributed by atoms with van der Waals surface area (Å²) in [6.07, 6.45) is 7.14. The van der Waals surface area contributed by atoms with Gasteiger partial charge in [-0.25, -0.2) is 0 Å². The summed E-state index contributed by atoms with van der Waals surface area (Å²) < 4.78 is 5.84. The molecule has 0 heterocycles. The average Bonchev–Trinajstić information content (AvgIpc) is 2.84. The van der Waals surface area contributed by atoms with Gasteiger partial charge in [-0.15, -0.1) is 0 Å². The SMILES string of the molecule is CN(CCCCCCCCOc1ccc(C(=O)c2ccc(Cl)cc2)c(Cl)c1)Cc1ccccc1. The molecule has 34 heavy (non-hydrogen) atoms. The summed E-state index contributed by atoms with van der Waals surface area (Å²) in [6, 6.07) is 22.7. The van der Waals surface area contributed by atoms with Gasteiger partial charge in [0.2, 0.25) is 0 Å². The number of carbonyl (C=O) groups is 1. The smallest absolute Gasteiger partial charge is 0.194 e. The van der Waals surface area contributed by atoms with Gasteiger partial charge >= 0.3 is 0 Å². The van der Waals surface area contributed by atoms with E-state index < -0.39 is 0 Å². The summed E-state index contributed by atoms with van der Waals surface area (Å²) in [7, 11) is 2.19. The van der Waals surface area contributed by atoms with Crippen LogP contribution in [-0.4, -0.2) is 30.9 Å². The number of halogens is 2. The summed E-state index contributed by atoms with van der Waals surface area (Å²) in [5.41, 5.74) is 2.39. The number of ether oxygens (including phenoxy) is 1. The van der Waals surface area contributed by atoms with Crippen molar-refractivity contribution in [3.63, 3.8) is 0 Å². The van der Waals surface area contributed by atoms with Crippen molar-refractivity contribution < 1.29 is 9.53 Å². The minimum atomic E-state index is -0.125. The first-order chi connectivity index (χ1) is 16.5. The molecule has 3 rings (SSSR count). The predicted octanol–water partition coefficient (Wildman–Crippen LogP) is 8.08. The fourth-order valence-electron chi connectivity index (χ4n) is 3.88. The lowest BCUT2D eigenvalue weighted by Gasteiger charge is -2.16. The normalized spacial score (nSPS) is 11.1. The molecule has 0 aliphatic heterocycles. The second-order valence-corrected chi connectivity index (χ2v) is 9.51. The first-order valence-corrected chi connectivity index (χ1v) is 12.7. The lowest BCUT2D eigenvalue weighted by molar-refractivity contribution is 0.103. The van der Waals surface area contributed by atoms with Gasteiger partial charge in [0.15, 0.2) is 5.78 Å². The van der Waals surface area contributed by atoms with Crippen molar-refractivity contribution in [2.45, 2.75) is 45.1 Å². The van der Waals surface area contributed by atoms with Gasteiger partial charge in [0.05, 0.1) is 11.6 Å². The standard InChI is InChI=1S/C29H33Cl2NO2/c1-32(22-23-11-7-6-8-12-23)19-9-4-2-3-5-10-20-34-26-17-18-27(28(31)21-26)29(33)24-13-15-25(30)16-14-24/h6-8,11-18,21H,2-5,9-10,19-20,22H2,1H3. The van der Waals surface area contributed by atoms with E-state index in [0.29, 0.717) is 33.5 Å². The zero-order valence-corrected chi connectivity index (χ0v) is 21.3. The number of unbranched alkanes of at least 4 members (excludes halogenated alkanes) is 5. The molecule has 180 valence electrons. The third-order valence-electron chi connectivity index (χ3n) is 5.79. The van der Waals surface area contributed by atoms with E-state index in [1.807, 2.05) is 0 Å². The topological polar surface area (TPSA) is 29.5 Å². The molecule has 3 aromatic rings. The highest BCUT2D eigenvalue weighted by atomic mass is 35.5. The molecule has 0 unspecified atom stereocenters. The van der Waals surface area contributed by atoms with E-state index in [9.17, 15) is 4.79 Å². The fourth-order valence-corrected chi connectivity index (χ4v) is 4.26. The first-order valence-electron chi connectivity index (χ1n) is 12.0. The van der Waals surface area contributed by atoms with Crippen molar-refractivity contribution in [2.75, 3.05) is 20.2 Å². The molecule has 0 fully saturated rings. The molecule has 0 atom stereocenters. The molecule has 5 heteroatoms. The van der Waals surface area contributed by atoms with Crippen LogP contribution < -0.4 is 4.74 Å². The second-order valence-electron chi connectivity index (χ2n) is 8.67. The minimum Gasteiger partial charge on any atom is -0.494 e. The van der Waals surface area contributed by atoms with Gasteiger partial charge in [0.1, 0.15) is 5.75 Å². The van der Waals surface area contributed by atoms with E-state index in [4.69, 9.17) is 27.9 Å². The zero-order valence-electron chi connectivity index (χ0n) is 19.8. The van der Waals surface area contributed by atoms with Crippen LogP contribution in [0.5, 0.6) is 5.75 Å². The molecule has 0 saturated heterocycles. The highest BCUT2D eigenvalue weighted by Gasteiger charge is 2.13. The quantitative estimate of drug-likeness (QED) is 0.166. The number of carbonyl (C=O) groups excluding carboxylic acids is 1. The van der Waals surface area contributed by atoms with Crippen LogP contribution in [0.3, 0.4) is 0 Å². The van der Waals surface area contributed by atoms with E-state index in [2.05, 4.69) is 42.3 Å². The third-order valence-corrected chi connectivity index (χ3v) is 6.35. The Hall–Kier alpha value is -2.33. The molecule has 3 nitrogen and oxygen atoms in total. The van der Waals surface area contributed by atoms with Crippen LogP contribution >= 0.6 is 23.2 Å². The van der Waals surface area contributed by atoms with Crippen molar-refractivity contribution in [1.82, 2.24) is 4.90 Å². The fraction of sp³-hybridized carbons (Fsp3) is 0.345. The van der Waals surface area contributed by atoms with Crippen LogP contribution in [0.1, 0.15) is 60.0 Å². The molecule has 0 aliphatic rings. The van der Waals surface area contributed by atoms with E-state index >= 15 is 0 Å². The minimum absolute atomic E-state index is 0.125. The number of nitrogens with zero attached hydrogens (tertiary/aromatic N) is 1. The lowest BCUT2D eigenvalue weighted by atomic mass is 10.0. The maximum atomic E-state index is 12.6. The van der Waals surface area contributed by atoms with Crippen LogP contribution in [0.25, 0.3) is 0 Å². The molecule has 3 aromatic carbocycles. The number of rotatable bonds is 14. The number of benzene rings is 3. The Morgan fingerprint density at radius 3 is 2.21 bits per heavy atom. The first kappa shape index (κ1) is 26.3. The maximum Gasteiger partial charge on any atom is 0.194 e. The molecule has 0 radical (unpaired) electrons. The van der Waals surface area contributed by atoms with Gasteiger partial charge in [-0.1, -0.05) is 79.2 Å². The Labute approximate surface area is 213 Å². The summed E-state index contributed by atoms with van der Waals surface area (Å²) in [4.78, 5) is 15.0. The Balaban J connectivity index is 1.27. The summed E-state index contributed by atoms with van der Waals surface area (Å²) >= 11 is 12.3. The average molecular weight is 498 g/mol. The number of ketones is 1. The van der Waals surface area contributed by atoms with Gasteiger partial charge in [-0.3, -0.25) is 4.79 Å². The Morgan fingerprint density at radius 1 is 0.824 bits per heavy atom. The van der Waals surface area contributed by atoms with Crippen LogP contribution in [0.4, 0.5) is 0 Å². The maximum absolute atomic E-state index is 12.6. The van der Waals surface area contributed by atoms with E-state index in [1.165, 1.54) is 31.2 Å². The summed E-state index contributed by atoms with van der Waals surface area (Å²) in [6.45, 7) is 2.80. The number of hydrogen-bond acceptors (Lipinski definition) is 3. The lowest BCUT2D eigenvalue weighted by Crippen LogP contribution is -2.18. The van der Waals surface area contributed by atoms with Crippen molar-refractivity contribution in [3.8, 4) is 5.75 Å². The van der Waals surface area contributed by atoms with Crippen molar-refractivity contribution >= 4 is 29.0 Å². The van der Waals surface area contributed by atoms with E-state index in [1.54, 1.807) is 42.5 Å². The predicted molar refractivity (Wildman–Crippen MR) is 142 cm³/mol. The Morgan fingerprint density at radius 2 is 1.50 bits per heavy atom. The molecule has 0 aliphatic carbocycles. The van der Waals surface area contributed by atoms with Crippen LogP contribution in [0.2, 0.25) is 10.0 Å². The molecule has 0 bridgehead atoms. The molecular formula is C29H33Cl2NO2. The van der Waals surface area contributed by atoms with Crippen molar-refractivity contribution in [2.24, 2.45) is 0 Å². The molecule has 0 amide bonds. The van der Waals surface area contributed by atoms with Crippen molar-refractivity contribution in [3.05, 3.63) is 99.5 Å². The molecule has 0 aromatic heterocycles. The van der Waals surface area contributed by atoms with Gasteiger partial charge in [-0.05, 0) is 74.5 Å². The highest BCUT2D eigenvalue weighted by Crippen LogP contribution is 2.25. The largest absolute Gasteiger partial charge is 0.494 e. The number of hydrogen-bond donors (Lipinski definition) is 0. The van der Waals surface area contributed by atoms with Gasteiger partial charge in [0.25, 0.3) is 0 Å². The Bertz CT molecular complexity index is 1020. The van der Waals surface area contributed by atoms with Crippen LogP contribution in [-0.2, 0) is 6.54 Å². The Kier molecular flexibility index (Phi) is 10.9. The zero-order chi connectivity index (χ0) is 24.2. The molecule has 0 N–H and O–H groups in total. The monoisotopic (exact) mass is 497 g/mol. The van der Waals surface area contributed by atoms with E-state index in [-0.39, 0.29) is 5.78 Å². The second kappa shape index (κ2) is 14.2. The summed E-state index contributed by atoms with van der Waals surface area (Å²) in [5.74, 6) is 0.568. The van der Waals surface area contributed by atoms with Gasteiger partial charge in [-0.2, -0.15) is 0 Å². The third kappa shape index (κ3) is 8.79. The van der Waals surface area contributed by atoms with Gasteiger partial charge < -0.3 is 9.64 Å². The van der Waals surface area contributed by atoms with Crippen LogP contribution in [0, 0.1) is 0 Å². The highest BCUT2D eigenvalue weighted by molar-refractivity contribution is 6.35. The van der Waals surface area contributed by atoms with Gasteiger partial charge in [0, 0.05) is 22.7 Å². The van der Waals surface area contributed by atoms with Crippen LogP contribution in [0.15, 0.2) is 72.8 Å². The van der Waals surface area contributed by atoms with Crippen molar-refractivity contribution in [1.29, 1.82) is 0 Å². The molecule has 0 saturated carbocycles. The summed E-state index contributed by atoms with van der Waals surface area (Å²) in [5, 5.41) is 0.993. The molecular weight excluding hydrogens is 465 g/mol. The molecule has 0 spiro atoms. The van der Waals surface area contributed by atoms with E-state index in [0.717, 1.165) is 25.9 Å².